The van der Waals surface area contributed by atoms with Crippen LogP contribution in [0.2, 0.25) is 0 Å². The number of nitriles is 1. The van der Waals surface area contributed by atoms with E-state index >= 15 is 0 Å². The number of hydrogen-bond acceptors (Lipinski definition) is 5. The number of rotatable bonds is 4. The average molecular weight is 369 g/mol. The lowest BCUT2D eigenvalue weighted by molar-refractivity contribution is 0.102. The highest BCUT2D eigenvalue weighted by molar-refractivity contribution is 6.04. The van der Waals surface area contributed by atoms with Gasteiger partial charge in [0.2, 0.25) is 5.95 Å². The maximum absolute atomic E-state index is 13.6. The molecule has 0 unspecified atom stereocenters. The predicted molar refractivity (Wildman–Crippen MR) is 90.7 cm³/mol. The molecule has 3 rings (SSSR count). The molecule has 0 aliphatic rings. The second kappa shape index (κ2) is 7.53. The summed E-state index contributed by atoms with van der Waals surface area (Å²) in [5.74, 6) is -5.12. The Bertz CT molecular complexity index is 1030. The fourth-order valence-electron chi connectivity index (χ4n) is 2.08. The number of carbonyl (C=O) groups excluding carboxylic acids is 1. The predicted octanol–water partition coefficient (Wildman–Crippen LogP) is 3.76. The van der Waals surface area contributed by atoms with Crippen LogP contribution >= 0.6 is 0 Å². The van der Waals surface area contributed by atoms with E-state index in [4.69, 9.17) is 5.26 Å². The third kappa shape index (κ3) is 4.01. The quantitative estimate of drug-likeness (QED) is 0.684. The summed E-state index contributed by atoms with van der Waals surface area (Å²) >= 11 is 0. The second-order valence-corrected chi connectivity index (χ2v) is 5.29. The van der Waals surface area contributed by atoms with Gasteiger partial charge in [0.25, 0.3) is 5.91 Å². The van der Waals surface area contributed by atoms with Crippen molar-refractivity contribution >= 4 is 23.2 Å². The van der Waals surface area contributed by atoms with Crippen molar-refractivity contribution in [2.45, 2.75) is 0 Å². The van der Waals surface area contributed by atoms with Crippen molar-refractivity contribution in [2.24, 2.45) is 0 Å². The van der Waals surface area contributed by atoms with Crippen LogP contribution in [0.4, 0.5) is 30.5 Å². The van der Waals surface area contributed by atoms with Gasteiger partial charge in [0.1, 0.15) is 0 Å². The summed E-state index contributed by atoms with van der Waals surface area (Å²) in [7, 11) is 0. The standard InChI is InChI=1S/C18H10F3N5O/c19-13-5-6-14(16(21)15(13)20)26-17(27)11-8-23-18(24-9-11)25-12-3-1-10(7-22)2-4-12/h1-6,8-9H,(H,26,27)(H,23,24,25). The monoisotopic (exact) mass is 369 g/mol. The SMILES string of the molecule is N#Cc1ccc(Nc2ncc(C(=O)Nc3ccc(F)c(F)c3F)cn2)cc1. The topological polar surface area (TPSA) is 90.7 Å². The third-order valence-corrected chi connectivity index (χ3v) is 3.47. The lowest BCUT2D eigenvalue weighted by atomic mass is 10.2. The highest BCUT2D eigenvalue weighted by Gasteiger charge is 2.16. The minimum atomic E-state index is -1.67. The van der Waals surface area contributed by atoms with Crippen molar-refractivity contribution in [1.82, 2.24) is 9.97 Å². The van der Waals surface area contributed by atoms with Gasteiger partial charge in [-0.25, -0.2) is 23.1 Å². The summed E-state index contributed by atoms with van der Waals surface area (Å²) in [5.41, 5.74) is 0.621. The number of halogens is 3. The summed E-state index contributed by atoms with van der Waals surface area (Å²) in [6.07, 6.45) is 2.37. The largest absolute Gasteiger partial charge is 0.324 e. The van der Waals surface area contributed by atoms with Gasteiger partial charge in [-0.2, -0.15) is 5.26 Å². The number of hydrogen-bond donors (Lipinski definition) is 2. The minimum absolute atomic E-state index is 0.00971. The van der Waals surface area contributed by atoms with Crippen molar-refractivity contribution in [3.05, 3.63) is 77.4 Å². The van der Waals surface area contributed by atoms with Crippen LogP contribution in [-0.2, 0) is 0 Å². The Kier molecular flexibility index (Phi) is 4.99. The van der Waals surface area contributed by atoms with E-state index in [1.807, 2.05) is 6.07 Å². The highest BCUT2D eigenvalue weighted by atomic mass is 19.2. The summed E-state index contributed by atoms with van der Waals surface area (Å²) in [4.78, 5) is 20.0. The van der Waals surface area contributed by atoms with Gasteiger partial charge in [-0.05, 0) is 36.4 Å². The van der Waals surface area contributed by atoms with E-state index in [-0.39, 0.29) is 11.5 Å². The molecule has 0 aliphatic carbocycles. The number of aromatic nitrogens is 2. The lowest BCUT2D eigenvalue weighted by Crippen LogP contribution is -2.15. The van der Waals surface area contributed by atoms with Crippen molar-refractivity contribution < 1.29 is 18.0 Å². The average Bonchev–Trinajstić information content (AvgIpc) is 2.69. The van der Waals surface area contributed by atoms with Crippen LogP contribution < -0.4 is 10.6 Å². The first-order chi connectivity index (χ1) is 13.0. The Morgan fingerprint density at radius 1 is 0.963 bits per heavy atom. The van der Waals surface area contributed by atoms with E-state index in [0.29, 0.717) is 17.3 Å². The van der Waals surface area contributed by atoms with Gasteiger partial charge in [0, 0.05) is 18.1 Å². The zero-order valence-corrected chi connectivity index (χ0v) is 13.5. The molecule has 0 saturated carbocycles. The molecule has 1 aromatic heterocycles. The molecule has 1 amide bonds. The van der Waals surface area contributed by atoms with E-state index in [0.717, 1.165) is 6.07 Å². The Hall–Kier alpha value is -3.93. The molecule has 0 fully saturated rings. The summed E-state index contributed by atoms with van der Waals surface area (Å²) in [6, 6.07) is 10.2. The molecule has 9 heteroatoms. The van der Waals surface area contributed by atoms with E-state index in [1.54, 1.807) is 24.3 Å². The van der Waals surface area contributed by atoms with Crippen LogP contribution in [0.15, 0.2) is 48.8 Å². The molecular weight excluding hydrogens is 359 g/mol. The maximum Gasteiger partial charge on any atom is 0.258 e. The van der Waals surface area contributed by atoms with Crippen LogP contribution in [0.1, 0.15) is 15.9 Å². The number of carbonyl (C=O) groups is 1. The number of nitrogens with zero attached hydrogens (tertiary/aromatic N) is 3. The Labute approximate surface area is 151 Å². The summed E-state index contributed by atoms with van der Waals surface area (Å²) in [5, 5.41) is 13.8. The first-order valence-electron chi connectivity index (χ1n) is 7.52. The molecule has 0 saturated heterocycles. The molecule has 134 valence electrons. The minimum Gasteiger partial charge on any atom is -0.324 e. The van der Waals surface area contributed by atoms with Crippen molar-refractivity contribution in [1.29, 1.82) is 5.26 Å². The summed E-state index contributed by atoms with van der Waals surface area (Å²) in [6.45, 7) is 0. The number of benzene rings is 2. The first kappa shape index (κ1) is 17.9. The molecule has 0 aliphatic heterocycles. The van der Waals surface area contributed by atoms with E-state index in [9.17, 15) is 18.0 Å². The Morgan fingerprint density at radius 3 is 2.26 bits per heavy atom. The number of nitrogens with one attached hydrogen (secondary N) is 2. The van der Waals surface area contributed by atoms with Crippen LogP contribution in [0.5, 0.6) is 0 Å². The van der Waals surface area contributed by atoms with Gasteiger partial charge in [-0.3, -0.25) is 4.79 Å². The lowest BCUT2D eigenvalue weighted by Gasteiger charge is -2.08. The van der Waals surface area contributed by atoms with Gasteiger partial charge in [-0.1, -0.05) is 0 Å². The van der Waals surface area contributed by atoms with Gasteiger partial charge >= 0.3 is 0 Å². The van der Waals surface area contributed by atoms with E-state index < -0.39 is 29.0 Å². The molecule has 3 aromatic rings. The Balaban J connectivity index is 1.70. The molecule has 2 N–H and O–H groups in total. The fraction of sp³-hybridized carbons (Fsp3) is 0. The van der Waals surface area contributed by atoms with Crippen LogP contribution in [0, 0.1) is 28.8 Å². The first-order valence-corrected chi connectivity index (χ1v) is 7.52. The van der Waals surface area contributed by atoms with Crippen molar-refractivity contribution in [2.75, 3.05) is 10.6 Å². The normalized spacial score (nSPS) is 10.1. The molecule has 2 aromatic carbocycles. The molecule has 1 heterocycles. The van der Waals surface area contributed by atoms with Gasteiger partial charge in [0.05, 0.1) is 22.9 Å². The number of anilines is 3. The van der Waals surface area contributed by atoms with Crippen molar-refractivity contribution in [3.8, 4) is 6.07 Å². The molecule has 0 radical (unpaired) electrons. The van der Waals surface area contributed by atoms with Gasteiger partial charge in [-0.15, -0.1) is 0 Å². The van der Waals surface area contributed by atoms with Gasteiger partial charge in [0.15, 0.2) is 17.5 Å². The second-order valence-electron chi connectivity index (χ2n) is 5.29. The van der Waals surface area contributed by atoms with Crippen molar-refractivity contribution in [3.63, 3.8) is 0 Å². The van der Waals surface area contributed by atoms with E-state index in [1.165, 1.54) is 12.4 Å². The molecule has 6 nitrogen and oxygen atoms in total. The zero-order chi connectivity index (χ0) is 19.4. The molecule has 0 spiro atoms. The third-order valence-electron chi connectivity index (χ3n) is 3.47. The molecule has 0 bridgehead atoms. The fourth-order valence-corrected chi connectivity index (χ4v) is 2.08. The maximum atomic E-state index is 13.6. The summed E-state index contributed by atoms with van der Waals surface area (Å²) < 4.78 is 39.7. The number of amides is 1. The van der Waals surface area contributed by atoms with Crippen LogP contribution in [0.3, 0.4) is 0 Å². The highest BCUT2D eigenvalue weighted by Crippen LogP contribution is 2.20. The van der Waals surface area contributed by atoms with E-state index in [2.05, 4.69) is 20.6 Å². The molecule has 0 atom stereocenters. The molecular formula is C18H10F3N5O. The van der Waals surface area contributed by atoms with Crippen LogP contribution in [0.25, 0.3) is 0 Å². The zero-order valence-electron chi connectivity index (χ0n) is 13.5. The Morgan fingerprint density at radius 2 is 1.63 bits per heavy atom. The molecule has 27 heavy (non-hydrogen) atoms. The van der Waals surface area contributed by atoms with Crippen LogP contribution in [-0.4, -0.2) is 15.9 Å². The smallest absolute Gasteiger partial charge is 0.258 e. The van der Waals surface area contributed by atoms with Gasteiger partial charge < -0.3 is 10.6 Å².